The molecule has 33 nitrogen and oxygen atoms in total. The number of aliphatic hydroxyl groups is 4. The number of piperidine rings is 2. The maximum absolute atomic E-state index is 12.5. The molecule has 0 saturated carbocycles. The largest absolute Gasteiger partial charge is 0.483 e. The number of benzene rings is 2. The molecule has 16 N–H and O–H groups in total. The first kappa shape index (κ1) is 68.9. The average Bonchev–Trinajstić information content (AvgIpc) is 1.79. The number of nitro groups is 1. The van der Waals surface area contributed by atoms with E-state index in [0.717, 1.165) is 12.8 Å². The molecule has 0 spiro atoms. The third-order valence-corrected chi connectivity index (χ3v) is 14.4. The van der Waals surface area contributed by atoms with Gasteiger partial charge in [0.1, 0.15) is 46.9 Å². The van der Waals surface area contributed by atoms with E-state index in [0.29, 0.717) is 76.4 Å². The van der Waals surface area contributed by atoms with Crippen LogP contribution in [0.5, 0.6) is 11.5 Å². The minimum absolute atomic E-state index is 0. The van der Waals surface area contributed by atoms with Crippen molar-refractivity contribution in [3.63, 3.8) is 0 Å². The second kappa shape index (κ2) is 31.6. The molecule has 0 aliphatic carbocycles. The van der Waals surface area contributed by atoms with E-state index in [4.69, 9.17) is 46.0 Å². The fourth-order valence-corrected chi connectivity index (χ4v) is 9.81. The van der Waals surface area contributed by atoms with Gasteiger partial charge in [-0.1, -0.05) is 11.8 Å². The number of anilines is 3. The summed E-state index contributed by atoms with van der Waals surface area (Å²) in [6, 6.07) is 12.0. The van der Waals surface area contributed by atoms with Crippen molar-refractivity contribution in [1.29, 1.82) is 0 Å². The summed E-state index contributed by atoms with van der Waals surface area (Å²) in [6.07, 6.45) is -4.67. The molecule has 4 fully saturated rings. The molecule has 4 saturated heterocycles. The number of imidazole rings is 2. The van der Waals surface area contributed by atoms with E-state index in [1.54, 1.807) is 47.9 Å². The van der Waals surface area contributed by atoms with Gasteiger partial charge in [0, 0.05) is 89.4 Å². The van der Waals surface area contributed by atoms with Gasteiger partial charge in [0.15, 0.2) is 47.6 Å². The number of aliphatic hydroxyl groups excluding tert-OH is 4. The number of amides is 4. The van der Waals surface area contributed by atoms with Gasteiger partial charge in [0.2, 0.25) is 11.6 Å². The second-order valence-corrected chi connectivity index (χ2v) is 20.2. The number of carbonyl (C=O) groups excluding carboxylic acids is 4. The summed E-state index contributed by atoms with van der Waals surface area (Å²) in [5.41, 5.74) is 19.4. The van der Waals surface area contributed by atoms with Gasteiger partial charge in [0.25, 0.3) is 24.0 Å². The van der Waals surface area contributed by atoms with Gasteiger partial charge in [-0.25, -0.2) is 39.5 Å². The first-order valence-corrected chi connectivity index (χ1v) is 27.5. The van der Waals surface area contributed by atoms with E-state index < -0.39 is 78.0 Å². The van der Waals surface area contributed by atoms with E-state index in [-0.39, 0.29) is 101 Å². The van der Waals surface area contributed by atoms with Crippen LogP contribution >= 0.6 is 0 Å². The number of carboxylic acid groups (broad SMARTS) is 1. The predicted molar refractivity (Wildman–Crippen MR) is 310 cm³/mol. The van der Waals surface area contributed by atoms with Crippen LogP contribution in [0.25, 0.3) is 22.3 Å². The summed E-state index contributed by atoms with van der Waals surface area (Å²) in [4.78, 5) is 97.1. The number of nitro benzene ring substituents is 1. The summed E-state index contributed by atoms with van der Waals surface area (Å²) in [7, 11) is 0. The normalized spacial score (nSPS) is 21.3. The fourth-order valence-electron chi connectivity index (χ4n) is 9.81. The van der Waals surface area contributed by atoms with Gasteiger partial charge in [0.05, 0.1) is 17.6 Å². The minimum atomic E-state index is -1.46. The summed E-state index contributed by atoms with van der Waals surface area (Å²) in [5, 5.41) is 64.8. The smallest absolute Gasteiger partial charge is 0.415 e. The Balaban J connectivity index is 0.000000266. The number of nitrogens with zero attached hydrogens (tertiary/aromatic N) is 11. The fraction of sp³-hybridized carbons (Fsp3) is 0.436. The monoisotopic (exact) mass is 1290 g/mol. The zero-order chi connectivity index (χ0) is 62.5. The number of likely N-dealkylation sites (N-methyl/N-ethyl adjacent to an activating group) is 2. The Morgan fingerprint density at radius 1 is 0.663 bits per heavy atom. The first-order chi connectivity index (χ1) is 41.8. The van der Waals surface area contributed by atoms with Gasteiger partial charge in [-0.2, -0.15) is 0 Å². The summed E-state index contributed by atoms with van der Waals surface area (Å²) in [5.74, 6) is 12.6. The number of nitrogens with two attached hydrogens (primary N) is 3. The molecule has 0 bridgehead atoms. The number of ether oxygens (including phenoxy) is 4. The number of hydrogen-bond acceptors (Lipinski definition) is 25. The van der Waals surface area contributed by atoms with E-state index in [2.05, 4.69) is 64.2 Å². The van der Waals surface area contributed by atoms with Crippen LogP contribution < -0.4 is 43.5 Å². The molecule has 2 aromatic carbocycles. The van der Waals surface area contributed by atoms with Crippen LogP contribution in [-0.2, 0) is 43.3 Å². The van der Waals surface area contributed by atoms with Crippen molar-refractivity contribution in [2.75, 3.05) is 56.5 Å². The number of likely N-dealkylation sites (tertiary alicyclic amines) is 2. The number of nitrogen functional groups attached to an aromatic ring is 3. The Bertz CT molecular complexity index is 3580. The Hall–Kier alpha value is -9.25. The molecule has 0 radical (unpaired) electrons. The van der Waals surface area contributed by atoms with Crippen LogP contribution in [0.3, 0.4) is 0 Å². The Morgan fingerprint density at radius 3 is 1.39 bits per heavy atom. The number of fused-ring (bicyclic) bond motifs is 2. The molecule has 8 atom stereocenters. The van der Waals surface area contributed by atoms with Gasteiger partial charge in [-0.3, -0.25) is 33.6 Å². The van der Waals surface area contributed by atoms with Gasteiger partial charge < -0.3 is 88.3 Å². The molecule has 4 aliphatic heterocycles. The Morgan fingerprint density at radius 2 is 1.03 bits per heavy atom. The minimum Gasteiger partial charge on any atom is -0.483 e. The molecule has 4 amide bonds. The number of non-ortho nitro benzene ring substituents is 1. The topological polar surface area (TPSA) is 497 Å². The molecular weight excluding hydrogens is 1220 g/mol. The molecule has 10 rings (SSSR count). The van der Waals surface area contributed by atoms with Gasteiger partial charge in [-0.05, 0) is 99.6 Å². The summed E-state index contributed by atoms with van der Waals surface area (Å²) in [6.45, 7) is 5.96. The number of carbonyl (C=O) groups is 5. The summed E-state index contributed by atoms with van der Waals surface area (Å²) < 4.78 is 24.9. The van der Waals surface area contributed by atoms with E-state index in [1.807, 2.05) is 0 Å². The number of hydrogen-bond donors (Lipinski definition) is 11. The van der Waals surface area contributed by atoms with Crippen molar-refractivity contribution in [3.8, 4) is 35.2 Å². The number of rotatable bonds is 11. The van der Waals surface area contributed by atoms with Crippen molar-refractivity contribution in [1.82, 2.24) is 65.6 Å². The zero-order valence-corrected chi connectivity index (χ0v) is 51.4. The Kier molecular flexibility index (Phi) is 24.4. The standard InChI is InChI=1S/C27H30N8O8.C27H32N8O6.CH2O2.H3N.Zn/c1-2-29-25(38)22-20(36)21(37)26(43-22)34-14-30-19-23(28)31-18(32-24(19)34)5-3-4-15-10-12-33(13-11-15)27(39)42-17-8-6-16(7-9-17)35(40)41;1-2-30-25(38)22-20(36)21(37)26(41-22)35-14-31-19-23(29)32-18(33-24(19)35)5-3-4-15-10-12-34(13-11-15)27(39)40-17-8-6-16(28)7-9-17;2-1-3;;/h6-9,14-15,20-22,26,36-37H,2,4,10-13H2,1H3,(H,29,38)(H2,28,31,32);6-9,14-15,20-22,26,36-37H,2,4,10-13,28H2,1H3,(H,30,38)(H2,29,32,33);1H,(H,2,3);1H3;/t2*20-,21?,22+,26-;;;/m11.../s1. The molecule has 34 heteroatoms. The van der Waals surface area contributed by atoms with Crippen LogP contribution in [-0.4, -0.2) is 186 Å². The third kappa shape index (κ3) is 16.7. The quantitative estimate of drug-likeness (QED) is 0.0215. The van der Waals surface area contributed by atoms with Crippen LogP contribution in [0.4, 0.5) is 32.6 Å². The maximum Gasteiger partial charge on any atom is 0.415 e. The molecule has 470 valence electrons. The molecule has 4 aromatic heterocycles. The molecule has 89 heavy (non-hydrogen) atoms. The van der Waals surface area contributed by atoms with E-state index in [9.17, 15) is 49.7 Å². The zero-order valence-electron chi connectivity index (χ0n) is 48.4. The van der Waals surface area contributed by atoms with Crippen LogP contribution in [0.15, 0.2) is 61.2 Å². The predicted octanol–water partition coefficient (Wildman–Crippen LogP) is 0.984. The SMILES string of the molecule is CCNC(=O)[C@H]1O[C@@H](n2cnc3c(N)nc(C#CCC4CCN(C(=O)Oc5ccc(N)cc5)CC4)nc32)C(O)[C@H]1O.CCNC(=O)[C@H]1O[C@@H](n2cnc3c(N)nc(C#CCC4CCN(C(=O)Oc5ccc([N+](=O)[O-])cc5)CC4)nc32)C(O)[C@H]1O.N.O=CO.[Zn]. The van der Waals surface area contributed by atoms with Crippen molar-refractivity contribution in [3.05, 3.63) is 82.9 Å². The van der Waals surface area contributed by atoms with Gasteiger partial charge >= 0.3 is 12.2 Å². The molecule has 8 heterocycles. The molecule has 6 aromatic rings. The molecule has 2 unspecified atom stereocenters. The first-order valence-electron chi connectivity index (χ1n) is 27.5. The van der Waals surface area contributed by atoms with Crippen LogP contribution in [0.2, 0.25) is 0 Å². The number of aromatic nitrogens is 8. The summed E-state index contributed by atoms with van der Waals surface area (Å²) >= 11 is 0. The van der Waals surface area contributed by atoms with Crippen molar-refractivity contribution in [2.24, 2.45) is 11.8 Å². The molecular formula is C55H67N17O16Zn. The van der Waals surface area contributed by atoms with E-state index in [1.165, 1.54) is 46.1 Å². The second-order valence-electron chi connectivity index (χ2n) is 20.2. The van der Waals surface area contributed by atoms with Crippen molar-refractivity contribution < 1.29 is 92.9 Å². The van der Waals surface area contributed by atoms with Crippen molar-refractivity contribution in [2.45, 2.75) is 101 Å². The number of nitrogens with one attached hydrogen (secondary N) is 2. The van der Waals surface area contributed by atoms with Crippen molar-refractivity contribution >= 4 is 75.8 Å². The van der Waals surface area contributed by atoms with E-state index >= 15 is 0 Å². The Labute approximate surface area is 520 Å². The van der Waals surface area contributed by atoms with Crippen LogP contribution in [0, 0.1) is 45.6 Å². The molecule has 4 aliphatic rings. The van der Waals surface area contributed by atoms with Gasteiger partial charge in [-0.15, -0.1) is 0 Å². The van der Waals surface area contributed by atoms with Crippen LogP contribution in [0.1, 0.15) is 76.5 Å². The average molecular weight is 1290 g/mol. The third-order valence-electron chi connectivity index (χ3n) is 14.4. The maximum atomic E-state index is 12.5.